The molecule has 3 aliphatic heterocycles. The average molecular weight is 1600 g/mol. The number of nitrogens with zero attached hydrogens (tertiary/aromatic N) is 5. The SMILES string of the molecule is Cc1ncsc1-c1ccc(C(C)NC(=O)C2CC(O)CN2C(=O)C(NC(=O)CCCCCCCCC(=O)NCC2(C)CCC(c3ccc(Cl)cc3)=C(CN3CCN(c4ccc(C(=O)NS(=O)(=O)c5ccc(NC(CCN6CCOCC6)CSc6ccccc6)c(S(=O)(=O)C(F)(F)F)c5)cc4)CC3)C2)C(C)(C)C)cc1. The van der Waals surface area contributed by atoms with E-state index >= 15 is 0 Å². The third-order valence-corrected chi connectivity index (χ3v) is 26.1. The third-order valence-electron chi connectivity index (χ3n) is 20.9. The zero-order valence-electron chi connectivity index (χ0n) is 62.8. The molecular formula is C80H102ClF3N10O11S4. The molecule has 21 nitrogen and oxygen atoms in total. The van der Waals surface area contributed by atoms with Gasteiger partial charge in [-0.2, -0.15) is 13.2 Å². The number of morpholine rings is 1. The van der Waals surface area contributed by atoms with E-state index in [1.807, 2.05) is 112 Å². The highest BCUT2D eigenvalue weighted by Gasteiger charge is 2.49. The Bertz CT molecular complexity index is 4370. The van der Waals surface area contributed by atoms with Crippen LogP contribution in [-0.2, 0) is 43.8 Å². The second kappa shape index (κ2) is 37.7. The first kappa shape index (κ1) is 84.0. The first-order chi connectivity index (χ1) is 51.8. The third kappa shape index (κ3) is 23.1. The molecule has 6 aromatic rings. The molecule has 29 heteroatoms. The predicted octanol–water partition coefficient (Wildman–Crippen LogP) is 12.9. The van der Waals surface area contributed by atoms with Gasteiger partial charge in [-0.15, -0.1) is 23.1 Å². The van der Waals surface area contributed by atoms with Gasteiger partial charge < -0.3 is 40.9 Å². The fraction of sp³-hybridized carbons (Fsp3) is 0.500. The van der Waals surface area contributed by atoms with E-state index in [1.54, 1.807) is 23.5 Å². The van der Waals surface area contributed by atoms with Crippen LogP contribution < -0.4 is 30.9 Å². The number of hydrogen-bond acceptors (Lipinski definition) is 18. The number of sulfone groups is 1. The number of likely N-dealkylation sites (tertiary alicyclic amines) is 1. The van der Waals surface area contributed by atoms with Gasteiger partial charge in [0.2, 0.25) is 23.6 Å². The Hall–Kier alpha value is -7.41. The van der Waals surface area contributed by atoms with Gasteiger partial charge in [0.1, 0.15) is 17.0 Å². The van der Waals surface area contributed by atoms with Gasteiger partial charge in [-0.3, -0.25) is 33.8 Å². The van der Waals surface area contributed by atoms with Crippen LogP contribution in [0.15, 0.2) is 147 Å². The molecule has 6 N–H and O–H groups in total. The summed E-state index contributed by atoms with van der Waals surface area (Å²) in [5, 5.41) is 23.7. The number of carbonyl (C=O) groups is 5. The number of sulfonamides is 1. The lowest BCUT2D eigenvalue weighted by atomic mass is 9.71. The summed E-state index contributed by atoms with van der Waals surface area (Å²) >= 11 is 9.36. The monoisotopic (exact) mass is 1600 g/mol. The molecule has 109 heavy (non-hydrogen) atoms. The van der Waals surface area contributed by atoms with Gasteiger partial charge in [0.15, 0.2) is 0 Å². The fourth-order valence-corrected chi connectivity index (χ4v) is 18.4. The molecule has 3 fully saturated rings. The first-order valence-corrected chi connectivity index (χ1v) is 42.7. The molecule has 6 unspecified atom stereocenters. The molecule has 3 saturated heterocycles. The zero-order chi connectivity index (χ0) is 78.3. The number of β-amino-alcohol motifs (C(OH)–C–C–N with tert-alkyl or cyclic N) is 1. The second-order valence-corrected chi connectivity index (χ2v) is 36.4. The van der Waals surface area contributed by atoms with Crippen LogP contribution >= 0.6 is 34.7 Å². The van der Waals surface area contributed by atoms with Gasteiger partial charge in [0.05, 0.1) is 52.0 Å². The smallest absolute Gasteiger partial charge is 0.391 e. The Labute approximate surface area is 652 Å². The molecule has 0 bridgehead atoms. The molecular weight excluding hydrogens is 1500 g/mol. The molecule has 590 valence electrons. The molecule has 4 aliphatic rings. The number of unbranched alkanes of at least 4 members (excludes halogenated alkanes) is 5. The summed E-state index contributed by atoms with van der Waals surface area (Å²) in [6.45, 7) is 18.4. The minimum atomic E-state index is -6.11. The Morgan fingerprint density at radius 1 is 0.789 bits per heavy atom. The topological polar surface area (TPSA) is 269 Å². The maximum absolute atomic E-state index is 14.4. The molecule has 5 aromatic carbocycles. The van der Waals surface area contributed by atoms with Gasteiger partial charge in [-0.1, -0.05) is 125 Å². The van der Waals surface area contributed by atoms with Crippen LogP contribution in [0.1, 0.15) is 151 Å². The van der Waals surface area contributed by atoms with Crippen molar-refractivity contribution in [2.45, 2.75) is 175 Å². The van der Waals surface area contributed by atoms with E-state index in [0.717, 1.165) is 101 Å². The van der Waals surface area contributed by atoms with E-state index in [-0.39, 0.29) is 54.1 Å². The van der Waals surface area contributed by atoms with Crippen molar-refractivity contribution in [2.75, 3.05) is 94.6 Å². The summed E-state index contributed by atoms with van der Waals surface area (Å²) in [6, 6.07) is 31.1. The number of alkyl halides is 3. The van der Waals surface area contributed by atoms with Crippen LogP contribution in [-0.4, -0.2) is 185 Å². The van der Waals surface area contributed by atoms with E-state index in [2.05, 4.69) is 60.0 Å². The van der Waals surface area contributed by atoms with Crippen molar-refractivity contribution < 1.29 is 63.8 Å². The molecule has 0 saturated carbocycles. The summed E-state index contributed by atoms with van der Waals surface area (Å²) in [5.74, 6) is -1.76. The van der Waals surface area contributed by atoms with Crippen molar-refractivity contribution in [2.24, 2.45) is 10.8 Å². The number of allylic oxidation sites excluding steroid dienone is 1. The summed E-state index contributed by atoms with van der Waals surface area (Å²) < 4.78 is 105. The van der Waals surface area contributed by atoms with Crippen LogP contribution in [0.4, 0.5) is 24.5 Å². The standard InChI is InChI=1S/C80H102ClF3N10O11S4/c1-54(56-20-22-58(23-21-56)73-55(2)86-53-107-73)87-76(99)69-46-64(95)50-94(69)77(100)74(78(3,4)5)89-72(97)19-15-10-8-7-9-14-18-71(96)85-52-79(6)36-34-67(57-24-28-61(81)29-25-57)60(48-79)49-92-38-40-93(41-39-92)63-30-26-59(27-31-63)75(98)90-109(103,104)66-32-33-68(70(47-66)108(101,102)80(82,83)84)88-62(35-37-91-42-44-105-45-43-91)51-106-65-16-12-11-13-17-65/h11-13,16-17,20-33,47,53-54,62,64,69,74,88,95H,7-10,14-15,18-19,34-46,48-52H2,1-6H3,(H,85,96)(H,87,99)(H,89,97)(H,90,98). The Morgan fingerprint density at radius 2 is 1.44 bits per heavy atom. The highest BCUT2D eigenvalue weighted by Crippen LogP contribution is 2.44. The van der Waals surface area contributed by atoms with E-state index < -0.39 is 82.3 Å². The Morgan fingerprint density at radius 3 is 2.08 bits per heavy atom. The number of amides is 5. The van der Waals surface area contributed by atoms with Crippen LogP contribution in [0.5, 0.6) is 0 Å². The molecule has 4 heterocycles. The summed E-state index contributed by atoms with van der Waals surface area (Å²) in [7, 11) is -11.0. The Kier molecular flexibility index (Phi) is 29.1. The minimum Gasteiger partial charge on any atom is -0.391 e. The molecule has 10 rings (SSSR count). The fourth-order valence-electron chi connectivity index (χ4n) is 14.5. The maximum atomic E-state index is 14.4. The largest absolute Gasteiger partial charge is 0.501 e. The van der Waals surface area contributed by atoms with Crippen LogP contribution in [0.2, 0.25) is 5.02 Å². The highest BCUT2D eigenvalue weighted by molar-refractivity contribution is 7.99. The van der Waals surface area contributed by atoms with E-state index in [1.165, 1.54) is 39.9 Å². The quantitative estimate of drug-likeness (QED) is 0.0165. The normalized spacial score (nSPS) is 19.3. The molecule has 0 radical (unpaired) electrons. The number of carbonyl (C=O) groups excluding carboxylic acids is 5. The maximum Gasteiger partial charge on any atom is 0.501 e. The number of aliphatic hydroxyl groups excluding tert-OH is 1. The number of nitrogens with one attached hydrogen (secondary N) is 5. The summed E-state index contributed by atoms with van der Waals surface area (Å²) in [4.78, 5) is 80.8. The highest BCUT2D eigenvalue weighted by atomic mass is 35.5. The lowest BCUT2D eigenvalue weighted by Gasteiger charge is -2.41. The lowest BCUT2D eigenvalue weighted by Crippen LogP contribution is -2.57. The molecule has 1 aromatic heterocycles. The van der Waals surface area contributed by atoms with Gasteiger partial charge in [-0.25, -0.2) is 26.5 Å². The van der Waals surface area contributed by atoms with Gasteiger partial charge in [-0.05, 0) is 152 Å². The Balaban J connectivity index is 0.658. The molecule has 0 spiro atoms. The summed E-state index contributed by atoms with van der Waals surface area (Å²) in [5.41, 5.74) is 1.98. The number of thiazole rings is 1. The lowest BCUT2D eigenvalue weighted by molar-refractivity contribution is -0.144. The number of hydrogen-bond donors (Lipinski definition) is 6. The van der Waals surface area contributed by atoms with Crippen LogP contribution in [0.25, 0.3) is 16.0 Å². The number of aromatic nitrogens is 1. The number of rotatable bonds is 33. The number of piperazine rings is 1. The number of aliphatic hydroxyl groups is 1. The average Bonchev–Trinajstić information content (AvgIpc) is 1.25. The van der Waals surface area contributed by atoms with Crippen molar-refractivity contribution in [1.82, 2.24) is 40.4 Å². The number of benzene rings is 5. The number of anilines is 2. The van der Waals surface area contributed by atoms with Crippen LogP contribution in [0, 0.1) is 17.8 Å². The van der Waals surface area contributed by atoms with E-state index in [0.29, 0.717) is 108 Å². The number of halogens is 4. The van der Waals surface area contributed by atoms with Gasteiger partial charge in [0.25, 0.3) is 25.8 Å². The van der Waals surface area contributed by atoms with Crippen molar-refractivity contribution in [3.05, 3.63) is 160 Å². The molecule has 6 atom stereocenters. The van der Waals surface area contributed by atoms with Crippen molar-refractivity contribution >= 4 is 101 Å². The second-order valence-electron chi connectivity index (χ2n) is 30.4. The van der Waals surface area contributed by atoms with Gasteiger partial charge >= 0.3 is 5.51 Å². The van der Waals surface area contributed by atoms with Crippen molar-refractivity contribution in [1.29, 1.82) is 0 Å². The molecule has 5 amide bonds. The number of ether oxygens (including phenoxy) is 1. The molecule has 1 aliphatic carbocycles. The van der Waals surface area contributed by atoms with Crippen molar-refractivity contribution in [3.63, 3.8) is 0 Å². The van der Waals surface area contributed by atoms with E-state index in [4.69, 9.17) is 16.3 Å². The summed E-state index contributed by atoms with van der Waals surface area (Å²) in [6.07, 6.45) is 7.47. The van der Waals surface area contributed by atoms with E-state index in [9.17, 15) is 59.1 Å². The van der Waals surface area contributed by atoms with Gasteiger partial charge in [0, 0.05) is 118 Å². The number of aryl methyl sites for hydroxylation is 1. The van der Waals surface area contributed by atoms with Crippen LogP contribution in [0.3, 0.4) is 0 Å². The van der Waals surface area contributed by atoms with Crippen molar-refractivity contribution in [3.8, 4) is 10.4 Å². The number of thioether (sulfide) groups is 1. The predicted molar refractivity (Wildman–Crippen MR) is 423 cm³/mol. The first-order valence-electron chi connectivity index (χ1n) is 37.5. The minimum absolute atomic E-state index is 0.00295. The zero-order valence-corrected chi connectivity index (χ0v) is 66.8.